The molecule has 2 aliphatic rings. The van der Waals surface area contributed by atoms with Crippen LogP contribution in [0.1, 0.15) is 17.4 Å². The summed E-state index contributed by atoms with van der Waals surface area (Å²) in [6.07, 6.45) is 3.13. The summed E-state index contributed by atoms with van der Waals surface area (Å²) in [5.41, 5.74) is 1.87. The van der Waals surface area contributed by atoms with Gasteiger partial charge in [-0.2, -0.15) is 9.40 Å². The predicted octanol–water partition coefficient (Wildman–Crippen LogP) is 1.74. The number of aromatic nitrogens is 4. The summed E-state index contributed by atoms with van der Waals surface area (Å²) in [5, 5.41) is 5.29. The van der Waals surface area contributed by atoms with E-state index in [4.69, 9.17) is 4.98 Å². The van der Waals surface area contributed by atoms with Crippen molar-refractivity contribution in [2.24, 2.45) is 18.9 Å². The number of anilines is 1. The minimum atomic E-state index is -3.29. The lowest BCUT2D eigenvalue weighted by atomic mass is 9.90. The van der Waals surface area contributed by atoms with Crippen LogP contribution < -0.4 is 4.90 Å². The maximum Gasteiger partial charge on any atom is 0.211 e. The molecule has 2 aliphatic heterocycles. The molecule has 0 saturated carbocycles. The Morgan fingerprint density at radius 1 is 1.07 bits per heavy atom. The molecule has 0 radical (unpaired) electrons. The molecule has 0 unspecified atom stereocenters. The molecule has 0 N–H and O–H groups in total. The summed E-state index contributed by atoms with van der Waals surface area (Å²) in [6.45, 7) is 3.97. The first-order valence-electron chi connectivity index (χ1n) is 9.76. The number of hydrogen-bond donors (Lipinski definition) is 0. The topological polar surface area (TPSA) is 84.2 Å². The van der Waals surface area contributed by atoms with Crippen LogP contribution in [0.2, 0.25) is 0 Å². The average Bonchev–Trinajstić information content (AvgIpc) is 3.34. The van der Waals surface area contributed by atoms with Crippen molar-refractivity contribution in [3.8, 4) is 0 Å². The fourth-order valence-corrected chi connectivity index (χ4v) is 6.09. The van der Waals surface area contributed by atoms with E-state index >= 15 is 0 Å². The van der Waals surface area contributed by atoms with Gasteiger partial charge in [0.25, 0.3) is 0 Å². The van der Waals surface area contributed by atoms with Crippen LogP contribution >= 0.6 is 0 Å². The molecule has 4 heterocycles. The molecule has 0 aliphatic carbocycles. The average molecular weight is 413 g/mol. The number of aryl methyl sites for hydroxylation is 2. The lowest BCUT2D eigenvalue weighted by molar-refractivity contribution is 0.352. The molecule has 2 fully saturated rings. The van der Waals surface area contributed by atoms with Crippen LogP contribution in [0.5, 0.6) is 0 Å². The molecule has 152 valence electrons. The zero-order valence-corrected chi connectivity index (χ0v) is 17.5. The Morgan fingerprint density at radius 2 is 1.83 bits per heavy atom. The molecule has 9 heteroatoms. The Morgan fingerprint density at radius 3 is 2.55 bits per heavy atom. The minimum Gasteiger partial charge on any atom is -0.355 e. The van der Waals surface area contributed by atoms with Gasteiger partial charge in [0.15, 0.2) is 5.65 Å². The molecule has 5 rings (SSSR count). The van der Waals surface area contributed by atoms with Gasteiger partial charge in [-0.3, -0.25) is 4.68 Å². The number of hydrogen-bond acceptors (Lipinski definition) is 6. The highest BCUT2D eigenvalue weighted by molar-refractivity contribution is 7.88. The van der Waals surface area contributed by atoms with Crippen LogP contribution in [-0.2, 0) is 17.1 Å². The van der Waals surface area contributed by atoms with Gasteiger partial charge in [-0.05, 0) is 18.4 Å². The largest absolute Gasteiger partial charge is 0.355 e. The Bertz CT molecular complexity index is 1180. The van der Waals surface area contributed by atoms with E-state index in [9.17, 15) is 8.42 Å². The molecule has 2 aromatic heterocycles. The van der Waals surface area contributed by atoms with Crippen LogP contribution in [0.25, 0.3) is 11.0 Å². The number of fused-ring (bicyclic) bond motifs is 2. The van der Waals surface area contributed by atoms with Gasteiger partial charge in [-0.1, -0.05) is 30.3 Å². The molecular weight excluding hydrogens is 388 g/mol. The van der Waals surface area contributed by atoms with Crippen LogP contribution in [-0.4, -0.2) is 58.4 Å². The summed E-state index contributed by atoms with van der Waals surface area (Å²) in [7, 11) is -1.40. The van der Waals surface area contributed by atoms with E-state index in [0.29, 0.717) is 12.4 Å². The van der Waals surface area contributed by atoms with E-state index in [2.05, 4.69) is 15.0 Å². The standard InChI is InChI=1S/C20H24N6O2S/c1-13-22-19-16(9-21-24(19)2)20(23-13)25-10-15-11-26(29(3,27)28)18(17(15)12-25)14-7-5-4-6-8-14/h4-9,15,17-18H,10-12H2,1-3H3/t15-,17-,18+/m1/s1. The Labute approximate surface area is 170 Å². The van der Waals surface area contributed by atoms with Gasteiger partial charge < -0.3 is 4.90 Å². The quantitative estimate of drug-likeness (QED) is 0.652. The van der Waals surface area contributed by atoms with E-state index in [1.165, 1.54) is 6.26 Å². The third-order valence-corrected chi connectivity index (χ3v) is 7.40. The molecule has 2 saturated heterocycles. The summed E-state index contributed by atoms with van der Waals surface area (Å²) >= 11 is 0. The van der Waals surface area contributed by atoms with Crippen LogP contribution in [0.4, 0.5) is 5.82 Å². The maximum absolute atomic E-state index is 12.5. The van der Waals surface area contributed by atoms with Gasteiger partial charge in [0, 0.05) is 32.6 Å². The highest BCUT2D eigenvalue weighted by atomic mass is 32.2. The molecular formula is C20H24N6O2S. The van der Waals surface area contributed by atoms with Crippen molar-refractivity contribution < 1.29 is 8.42 Å². The fraction of sp³-hybridized carbons (Fsp3) is 0.450. The van der Waals surface area contributed by atoms with Crippen LogP contribution in [0.3, 0.4) is 0 Å². The van der Waals surface area contributed by atoms with Crippen LogP contribution in [0, 0.1) is 18.8 Å². The summed E-state index contributed by atoms with van der Waals surface area (Å²) in [6, 6.07) is 9.83. The molecule has 0 amide bonds. The van der Waals surface area contributed by atoms with E-state index in [1.54, 1.807) is 8.99 Å². The molecule has 8 nitrogen and oxygen atoms in total. The zero-order chi connectivity index (χ0) is 20.3. The minimum absolute atomic E-state index is 0.145. The number of benzene rings is 1. The highest BCUT2D eigenvalue weighted by Gasteiger charge is 2.50. The summed E-state index contributed by atoms with van der Waals surface area (Å²) in [4.78, 5) is 11.5. The van der Waals surface area contributed by atoms with Gasteiger partial charge in [0.05, 0.1) is 23.9 Å². The van der Waals surface area contributed by atoms with Gasteiger partial charge in [0.2, 0.25) is 10.0 Å². The second-order valence-corrected chi connectivity index (χ2v) is 10.1. The van der Waals surface area contributed by atoms with Crippen LogP contribution in [0.15, 0.2) is 36.5 Å². The van der Waals surface area contributed by atoms with Crippen molar-refractivity contribution in [3.05, 3.63) is 47.9 Å². The summed E-state index contributed by atoms with van der Waals surface area (Å²) < 4.78 is 28.5. The molecule has 3 atom stereocenters. The van der Waals surface area contributed by atoms with Gasteiger partial charge in [0.1, 0.15) is 11.6 Å². The van der Waals surface area contributed by atoms with Gasteiger partial charge in [-0.15, -0.1) is 0 Å². The molecule has 29 heavy (non-hydrogen) atoms. The third kappa shape index (κ3) is 3.00. The number of nitrogens with zero attached hydrogens (tertiary/aromatic N) is 6. The normalized spacial score (nSPS) is 25.1. The van der Waals surface area contributed by atoms with Crippen molar-refractivity contribution in [2.75, 3.05) is 30.8 Å². The maximum atomic E-state index is 12.5. The zero-order valence-electron chi connectivity index (χ0n) is 16.7. The lowest BCUT2D eigenvalue weighted by Crippen LogP contribution is -2.35. The van der Waals surface area contributed by atoms with Crippen molar-refractivity contribution in [1.82, 2.24) is 24.1 Å². The lowest BCUT2D eigenvalue weighted by Gasteiger charge is -2.28. The summed E-state index contributed by atoms with van der Waals surface area (Å²) in [5.74, 6) is 2.09. The van der Waals surface area contributed by atoms with Gasteiger partial charge >= 0.3 is 0 Å². The first-order valence-corrected chi connectivity index (χ1v) is 11.6. The first-order chi connectivity index (χ1) is 13.8. The Hall–Kier alpha value is -2.52. The Balaban J connectivity index is 1.53. The van der Waals surface area contributed by atoms with Crippen molar-refractivity contribution >= 4 is 26.9 Å². The monoisotopic (exact) mass is 412 g/mol. The third-order valence-electron chi connectivity index (χ3n) is 6.17. The first kappa shape index (κ1) is 18.5. The fourth-order valence-electron chi connectivity index (χ4n) is 4.94. The number of rotatable bonds is 3. The van der Waals surface area contributed by atoms with Crippen molar-refractivity contribution in [1.29, 1.82) is 0 Å². The van der Waals surface area contributed by atoms with E-state index in [-0.39, 0.29) is 17.9 Å². The second-order valence-electron chi connectivity index (χ2n) is 8.12. The van der Waals surface area contributed by atoms with Crippen molar-refractivity contribution in [3.63, 3.8) is 0 Å². The second kappa shape index (κ2) is 6.50. The SMILES string of the molecule is Cc1nc(N2C[C@@H]3CN(S(C)(=O)=O)[C@@H](c4ccccc4)[C@@H]3C2)c2cnn(C)c2n1. The van der Waals surface area contributed by atoms with E-state index < -0.39 is 10.0 Å². The predicted molar refractivity (Wildman–Crippen MR) is 111 cm³/mol. The van der Waals surface area contributed by atoms with Gasteiger partial charge in [-0.25, -0.2) is 18.4 Å². The molecule has 0 spiro atoms. The number of sulfonamides is 1. The Kier molecular flexibility index (Phi) is 4.15. The molecule has 1 aromatic carbocycles. The van der Waals surface area contributed by atoms with Crippen molar-refractivity contribution in [2.45, 2.75) is 13.0 Å². The molecule has 3 aromatic rings. The highest BCUT2D eigenvalue weighted by Crippen LogP contribution is 2.47. The molecule has 0 bridgehead atoms. The smallest absolute Gasteiger partial charge is 0.211 e. The van der Waals surface area contributed by atoms with E-state index in [0.717, 1.165) is 35.5 Å². The van der Waals surface area contributed by atoms with E-state index in [1.807, 2.05) is 50.5 Å².